The first-order chi connectivity index (χ1) is 9.11. The number of rotatable bonds is 3. The second-order valence-electron chi connectivity index (χ2n) is 4.98. The van der Waals surface area contributed by atoms with Crippen molar-refractivity contribution in [2.75, 3.05) is 11.4 Å². The van der Waals surface area contributed by atoms with E-state index in [-0.39, 0.29) is 17.9 Å². The molecule has 1 unspecified atom stereocenters. The monoisotopic (exact) mass is 260 g/mol. The van der Waals surface area contributed by atoms with Gasteiger partial charge in [-0.2, -0.15) is 0 Å². The Morgan fingerprint density at radius 3 is 2.58 bits per heavy atom. The fourth-order valence-electron chi connectivity index (χ4n) is 2.31. The maximum Gasteiger partial charge on any atom is 0.249 e. The van der Waals surface area contributed by atoms with Crippen molar-refractivity contribution in [3.8, 4) is 0 Å². The summed E-state index contributed by atoms with van der Waals surface area (Å²) in [5.41, 5.74) is 2.03. The van der Waals surface area contributed by atoms with Gasteiger partial charge in [0.25, 0.3) is 0 Å². The third-order valence-corrected chi connectivity index (χ3v) is 3.38. The fourth-order valence-corrected chi connectivity index (χ4v) is 2.31. The summed E-state index contributed by atoms with van der Waals surface area (Å²) in [6, 6.07) is 7.45. The van der Waals surface area contributed by atoms with Crippen LogP contribution in [0.3, 0.4) is 0 Å². The number of nitrogens with one attached hydrogen (secondary N) is 1. The minimum Gasteiger partial charge on any atom is -0.344 e. The van der Waals surface area contributed by atoms with Crippen LogP contribution in [-0.4, -0.2) is 24.4 Å². The summed E-state index contributed by atoms with van der Waals surface area (Å²) in [5, 5.41) is 2.81. The maximum absolute atomic E-state index is 12.5. The molecule has 1 aromatic carbocycles. The number of anilines is 1. The Kier molecular flexibility index (Phi) is 4.20. The van der Waals surface area contributed by atoms with E-state index in [9.17, 15) is 9.59 Å². The van der Waals surface area contributed by atoms with E-state index in [1.165, 1.54) is 0 Å². The van der Waals surface area contributed by atoms with Crippen molar-refractivity contribution < 1.29 is 9.59 Å². The molecule has 0 aliphatic carbocycles. The molecule has 2 amide bonds. The second kappa shape index (κ2) is 5.87. The topological polar surface area (TPSA) is 49.4 Å². The molecular formula is C15H20N2O2. The molecule has 0 bridgehead atoms. The molecule has 0 saturated carbocycles. The Bertz CT molecular complexity index is 468. The summed E-state index contributed by atoms with van der Waals surface area (Å²) in [7, 11) is 0. The van der Waals surface area contributed by atoms with Crippen LogP contribution in [0.25, 0.3) is 0 Å². The van der Waals surface area contributed by atoms with Crippen LogP contribution in [0.4, 0.5) is 5.69 Å². The summed E-state index contributed by atoms with van der Waals surface area (Å²) in [5.74, 6) is -0.0436. The number of hydrogen-bond acceptors (Lipinski definition) is 2. The largest absolute Gasteiger partial charge is 0.344 e. The molecule has 0 aromatic heterocycles. The van der Waals surface area contributed by atoms with Crippen LogP contribution in [0.5, 0.6) is 0 Å². The third kappa shape index (κ3) is 3.13. The molecule has 1 aliphatic heterocycles. The standard InChI is InChI=1S/C15H20N2O2/c1-3-4-13-15(19)17(10-9-14(18)16-13)12-7-5-11(2)6-8-12/h5-8,13H,3-4,9-10H2,1-2H3,(H,16,18). The van der Waals surface area contributed by atoms with Crippen LogP contribution in [0.1, 0.15) is 31.7 Å². The van der Waals surface area contributed by atoms with Crippen molar-refractivity contribution in [3.63, 3.8) is 0 Å². The van der Waals surface area contributed by atoms with E-state index in [2.05, 4.69) is 5.32 Å². The van der Waals surface area contributed by atoms with Gasteiger partial charge in [-0.3, -0.25) is 9.59 Å². The molecule has 1 aliphatic rings. The number of benzene rings is 1. The first kappa shape index (κ1) is 13.6. The Hall–Kier alpha value is -1.84. The molecule has 1 N–H and O–H groups in total. The van der Waals surface area contributed by atoms with Gasteiger partial charge in [0.05, 0.1) is 0 Å². The number of nitrogens with zero attached hydrogens (tertiary/aromatic N) is 1. The van der Waals surface area contributed by atoms with E-state index in [1.807, 2.05) is 38.1 Å². The third-order valence-electron chi connectivity index (χ3n) is 3.38. The van der Waals surface area contributed by atoms with E-state index in [0.717, 1.165) is 17.7 Å². The van der Waals surface area contributed by atoms with Crippen LogP contribution in [0, 0.1) is 6.92 Å². The van der Waals surface area contributed by atoms with Gasteiger partial charge in [-0.15, -0.1) is 0 Å². The van der Waals surface area contributed by atoms with E-state index in [0.29, 0.717) is 19.4 Å². The van der Waals surface area contributed by atoms with Gasteiger partial charge in [-0.25, -0.2) is 0 Å². The molecule has 1 saturated heterocycles. The van der Waals surface area contributed by atoms with Crippen molar-refractivity contribution in [2.45, 2.75) is 39.2 Å². The smallest absolute Gasteiger partial charge is 0.249 e. The lowest BCUT2D eigenvalue weighted by atomic mass is 10.1. The zero-order chi connectivity index (χ0) is 13.8. The van der Waals surface area contributed by atoms with Crippen molar-refractivity contribution in [3.05, 3.63) is 29.8 Å². The van der Waals surface area contributed by atoms with Crippen LogP contribution >= 0.6 is 0 Å². The number of carbonyl (C=O) groups excluding carboxylic acids is 2. The number of carbonyl (C=O) groups is 2. The maximum atomic E-state index is 12.5. The highest BCUT2D eigenvalue weighted by atomic mass is 16.2. The van der Waals surface area contributed by atoms with Gasteiger partial charge in [0.2, 0.25) is 11.8 Å². The van der Waals surface area contributed by atoms with Crippen molar-refractivity contribution in [1.82, 2.24) is 5.32 Å². The van der Waals surface area contributed by atoms with Crippen LogP contribution in [0.2, 0.25) is 0 Å². The molecule has 1 heterocycles. The quantitative estimate of drug-likeness (QED) is 0.904. The van der Waals surface area contributed by atoms with E-state index < -0.39 is 0 Å². The average Bonchev–Trinajstić information content (AvgIpc) is 2.52. The minimum atomic E-state index is -0.388. The second-order valence-corrected chi connectivity index (χ2v) is 4.98. The molecule has 1 aromatic rings. The van der Waals surface area contributed by atoms with Crippen molar-refractivity contribution in [1.29, 1.82) is 0 Å². The molecule has 0 radical (unpaired) electrons. The number of amides is 2. The summed E-state index contributed by atoms with van der Waals surface area (Å²) >= 11 is 0. The minimum absolute atomic E-state index is 0.00319. The molecule has 102 valence electrons. The van der Waals surface area contributed by atoms with Gasteiger partial charge >= 0.3 is 0 Å². The van der Waals surface area contributed by atoms with Gasteiger partial charge in [0.1, 0.15) is 6.04 Å². The molecule has 4 heteroatoms. The normalized spacial score (nSPS) is 20.1. The predicted octanol–water partition coefficient (Wildman–Crippen LogP) is 2.02. The van der Waals surface area contributed by atoms with Crippen molar-refractivity contribution in [2.24, 2.45) is 0 Å². The summed E-state index contributed by atoms with van der Waals surface area (Å²) in [4.78, 5) is 25.9. The first-order valence-electron chi connectivity index (χ1n) is 6.79. The molecule has 4 nitrogen and oxygen atoms in total. The number of hydrogen-bond donors (Lipinski definition) is 1. The van der Waals surface area contributed by atoms with E-state index >= 15 is 0 Å². The van der Waals surface area contributed by atoms with Gasteiger partial charge in [-0.05, 0) is 25.5 Å². The summed E-state index contributed by atoms with van der Waals surface area (Å²) in [6.45, 7) is 4.48. The fraction of sp³-hybridized carbons (Fsp3) is 0.467. The summed E-state index contributed by atoms with van der Waals surface area (Å²) in [6.07, 6.45) is 1.92. The molecule has 1 fully saturated rings. The highest BCUT2D eigenvalue weighted by Crippen LogP contribution is 2.19. The Morgan fingerprint density at radius 1 is 1.26 bits per heavy atom. The van der Waals surface area contributed by atoms with Gasteiger partial charge in [0, 0.05) is 18.7 Å². The van der Waals surface area contributed by atoms with Gasteiger partial charge in [0.15, 0.2) is 0 Å². The highest BCUT2D eigenvalue weighted by Gasteiger charge is 2.29. The average molecular weight is 260 g/mol. The lowest BCUT2D eigenvalue weighted by molar-refractivity contribution is -0.125. The molecular weight excluding hydrogens is 240 g/mol. The lowest BCUT2D eigenvalue weighted by Gasteiger charge is -2.24. The van der Waals surface area contributed by atoms with E-state index in [1.54, 1.807) is 4.90 Å². The Labute approximate surface area is 113 Å². The summed E-state index contributed by atoms with van der Waals surface area (Å²) < 4.78 is 0. The van der Waals surface area contributed by atoms with E-state index in [4.69, 9.17) is 0 Å². The SMILES string of the molecule is CCCC1NC(=O)CCN(c2ccc(C)cc2)C1=O. The van der Waals surface area contributed by atoms with Crippen LogP contribution < -0.4 is 10.2 Å². The number of aryl methyl sites for hydroxylation is 1. The molecule has 0 spiro atoms. The van der Waals surface area contributed by atoms with Gasteiger partial charge < -0.3 is 10.2 Å². The lowest BCUT2D eigenvalue weighted by Crippen LogP contribution is -2.44. The van der Waals surface area contributed by atoms with Crippen LogP contribution in [-0.2, 0) is 9.59 Å². The molecule has 2 rings (SSSR count). The highest BCUT2D eigenvalue weighted by molar-refractivity contribution is 6.01. The van der Waals surface area contributed by atoms with Crippen LogP contribution in [0.15, 0.2) is 24.3 Å². The van der Waals surface area contributed by atoms with Crippen molar-refractivity contribution >= 4 is 17.5 Å². The molecule has 1 atom stereocenters. The Balaban J connectivity index is 2.25. The molecule has 19 heavy (non-hydrogen) atoms. The zero-order valence-electron chi connectivity index (χ0n) is 11.5. The first-order valence-corrected chi connectivity index (χ1v) is 6.79. The van der Waals surface area contributed by atoms with Gasteiger partial charge in [-0.1, -0.05) is 31.0 Å². The zero-order valence-corrected chi connectivity index (χ0v) is 11.5. The predicted molar refractivity (Wildman–Crippen MR) is 75.0 cm³/mol. The Morgan fingerprint density at radius 2 is 1.95 bits per heavy atom.